The molecule has 0 aliphatic rings. The highest BCUT2D eigenvalue weighted by Gasteiger charge is 2.25. The first-order valence-corrected chi connectivity index (χ1v) is 8.34. The Morgan fingerprint density at radius 2 is 1.79 bits per heavy atom. The van der Waals surface area contributed by atoms with Crippen molar-refractivity contribution < 1.29 is 8.42 Å². The van der Waals surface area contributed by atoms with Crippen molar-refractivity contribution >= 4 is 10.0 Å². The van der Waals surface area contributed by atoms with Crippen LogP contribution in [0.1, 0.15) is 39.3 Å². The topological polar surface area (TPSA) is 68.3 Å². The van der Waals surface area contributed by atoms with Crippen molar-refractivity contribution in [2.75, 3.05) is 13.1 Å². The highest BCUT2D eigenvalue weighted by atomic mass is 32.2. The van der Waals surface area contributed by atoms with Gasteiger partial charge < -0.3 is 10.3 Å². The van der Waals surface area contributed by atoms with Crippen molar-refractivity contribution in [3.63, 3.8) is 0 Å². The normalized spacial score (nSPS) is 12.3. The molecule has 0 bridgehead atoms. The predicted molar refractivity (Wildman–Crippen MR) is 77.3 cm³/mol. The zero-order chi connectivity index (χ0) is 14.5. The zero-order valence-corrected chi connectivity index (χ0v) is 12.9. The fraction of sp³-hybridized carbons (Fsp3) is 0.692. The summed E-state index contributed by atoms with van der Waals surface area (Å²) in [5.41, 5.74) is 6.50. The second-order valence-corrected chi connectivity index (χ2v) is 6.50. The molecule has 1 aromatic heterocycles. The average Bonchev–Trinajstić information content (AvgIpc) is 2.82. The molecular formula is C13H25N3O2S. The first-order valence-electron chi connectivity index (χ1n) is 6.90. The minimum atomic E-state index is -3.39. The zero-order valence-electron chi connectivity index (χ0n) is 12.1. The molecule has 1 aromatic rings. The summed E-state index contributed by atoms with van der Waals surface area (Å²) in [7, 11) is -3.39. The summed E-state index contributed by atoms with van der Waals surface area (Å²) in [6.07, 6.45) is 3.32. The van der Waals surface area contributed by atoms with Gasteiger partial charge in [-0.3, -0.25) is 0 Å². The van der Waals surface area contributed by atoms with Crippen LogP contribution >= 0.6 is 0 Å². The first-order chi connectivity index (χ1) is 9.01. The number of hydrogen-bond donors (Lipinski definition) is 1. The SMILES string of the molecule is CCCN(CCC)S(=O)(=O)c1cc(CN)n(CC)c1. The van der Waals surface area contributed by atoms with E-state index in [0.29, 0.717) is 24.5 Å². The van der Waals surface area contributed by atoms with E-state index in [1.807, 2.05) is 25.3 Å². The number of nitrogens with two attached hydrogens (primary N) is 1. The molecule has 0 aliphatic heterocycles. The van der Waals surface area contributed by atoms with Crippen LogP contribution in [0.3, 0.4) is 0 Å². The third-order valence-electron chi connectivity index (χ3n) is 3.09. The molecule has 0 radical (unpaired) electrons. The molecule has 0 amide bonds. The van der Waals surface area contributed by atoms with E-state index in [-0.39, 0.29) is 0 Å². The Morgan fingerprint density at radius 1 is 1.21 bits per heavy atom. The summed E-state index contributed by atoms with van der Waals surface area (Å²) in [6.45, 7) is 8.15. The van der Waals surface area contributed by atoms with E-state index in [9.17, 15) is 8.42 Å². The minimum absolute atomic E-state index is 0.352. The van der Waals surface area contributed by atoms with Crippen LogP contribution in [0.4, 0.5) is 0 Å². The molecule has 0 aromatic carbocycles. The molecule has 0 unspecified atom stereocenters. The second kappa shape index (κ2) is 7.07. The lowest BCUT2D eigenvalue weighted by Crippen LogP contribution is -2.32. The Balaban J connectivity index is 3.13. The molecule has 1 rings (SSSR count). The van der Waals surface area contributed by atoms with E-state index in [2.05, 4.69) is 0 Å². The van der Waals surface area contributed by atoms with Gasteiger partial charge in [-0.2, -0.15) is 4.31 Å². The summed E-state index contributed by atoms with van der Waals surface area (Å²) in [4.78, 5) is 0.358. The second-order valence-electron chi connectivity index (χ2n) is 4.56. The van der Waals surface area contributed by atoms with E-state index in [1.54, 1.807) is 16.6 Å². The molecule has 19 heavy (non-hydrogen) atoms. The number of hydrogen-bond acceptors (Lipinski definition) is 3. The van der Waals surface area contributed by atoms with Crippen LogP contribution in [-0.4, -0.2) is 30.4 Å². The van der Waals surface area contributed by atoms with Crippen LogP contribution in [0.25, 0.3) is 0 Å². The molecule has 110 valence electrons. The maximum Gasteiger partial charge on any atom is 0.244 e. The maximum atomic E-state index is 12.6. The number of nitrogens with zero attached hydrogens (tertiary/aromatic N) is 2. The third kappa shape index (κ3) is 3.58. The Labute approximate surface area is 116 Å². The van der Waals surface area contributed by atoms with Gasteiger partial charge in [-0.1, -0.05) is 13.8 Å². The Morgan fingerprint density at radius 3 is 2.16 bits per heavy atom. The van der Waals surface area contributed by atoms with Gasteiger partial charge in [-0.05, 0) is 25.8 Å². The molecule has 0 spiro atoms. The summed E-state index contributed by atoms with van der Waals surface area (Å²) in [5, 5.41) is 0. The first kappa shape index (κ1) is 16.2. The van der Waals surface area contributed by atoms with Gasteiger partial charge in [0, 0.05) is 38.1 Å². The summed E-state index contributed by atoms with van der Waals surface area (Å²) >= 11 is 0. The molecular weight excluding hydrogens is 262 g/mol. The molecule has 2 N–H and O–H groups in total. The highest BCUT2D eigenvalue weighted by molar-refractivity contribution is 7.89. The number of rotatable bonds is 8. The standard InChI is InChI=1S/C13H25N3O2S/c1-4-7-16(8-5-2)19(17,18)13-9-12(10-14)15(6-3)11-13/h9,11H,4-8,10,14H2,1-3H3. The van der Waals surface area contributed by atoms with Crippen LogP contribution in [0.5, 0.6) is 0 Å². The van der Waals surface area contributed by atoms with Crippen molar-refractivity contribution in [2.24, 2.45) is 5.73 Å². The van der Waals surface area contributed by atoms with Crippen molar-refractivity contribution in [1.82, 2.24) is 8.87 Å². The smallest absolute Gasteiger partial charge is 0.244 e. The van der Waals surface area contributed by atoms with Crippen molar-refractivity contribution in [3.8, 4) is 0 Å². The fourth-order valence-corrected chi connectivity index (χ4v) is 3.82. The monoisotopic (exact) mass is 287 g/mol. The molecule has 0 saturated heterocycles. The number of aryl methyl sites for hydroxylation is 1. The highest BCUT2D eigenvalue weighted by Crippen LogP contribution is 2.19. The van der Waals surface area contributed by atoms with E-state index in [4.69, 9.17) is 5.73 Å². The molecule has 0 aliphatic carbocycles. The van der Waals surface area contributed by atoms with E-state index >= 15 is 0 Å². The molecule has 0 atom stereocenters. The lowest BCUT2D eigenvalue weighted by molar-refractivity contribution is 0.410. The lowest BCUT2D eigenvalue weighted by Gasteiger charge is -2.20. The predicted octanol–water partition coefficient (Wildman–Crippen LogP) is 1.78. The third-order valence-corrected chi connectivity index (χ3v) is 4.96. The van der Waals surface area contributed by atoms with Gasteiger partial charge >= 0.3 is 0 Å². The van der Waals surface area contributed by atoms with Gasteiger partial charge in [-0.25, -0.2) is 8.42 Å². The van der Waals surface area contributed by atoms with Crippen LogP contribution in [0.15, 0.2) is 17.2 Å². The van der Waals surface area contributed by atoms with Crippen molar-refractivity contribution in [3.05, 3.63) is 18.0 Å². The number of aromatic nitrogens is 1. The number of sulfonamides is 1. The van der Waals surface area contributed by atoms with E-state index < -0.39 is 10.0 Å². The Bertz CT molecular complexity index is 466. The van der Waals surface area contributed by atoms with Crippen LogP contribution in [0, 0.1) is 0 Å². The van der Waals surface area contributed by atoms with Crippen LogP contribution in [0.2, 0.25) is 0 Å². The molecule has 0 fully saturated rings. The van der Waals surface area contributed by atoms with Crippen molar-refractivity contribution in [1.29, 1.82) is 0 Å². The molecule has 5 nitrogen and oxygen atoms in total. The quantitative estimate of drug-likeness (QED) is 0.792. The lowest BCUT2D eigenvalue weighted by atomic mass is 10.4. The van der Waals surface area contributed by atoms with Gasteiger partial charge in [0.2, 0.25) is 10.0 Å². The minimum Gasteiger partial charge on any atom is -0.349 e. The fourth-order valence-electron chi connectivity index (χ4n) is 2.13. The summed E-state index contributed by atoms with van der Waals surface area (Å²) < 4.78 is 28.6. The van der Waals surface area contributed by atoms with Crippen molar-refractivity contribution in [2.45, 2.75) is 51.6 Å². The van der Waals surface area contributed by atoms with Gasteiger partial charge in [0.1, 0.15) is 4.90 Å². The summed E-state index contributed by atoms with van der Waals surface area (Å²) in [5.74, 6) is 0. The van der Waals surface area contributed by atoms with Crippen LogP contribution < -0.4 is 5.73 Å². The van der Waals surface area contributed by atoms with Gasteiger partial charge in [0.15, 0.2) is 0 Å². The van der Waals surface area contributed by atoms with E-state index in [0.717, 1.165) is 25.1 Å². The van der Waals surface area contributed by atoms with Gasteiger partial charge in [-0.15, -0.1) is 0 Å². The van der Waals surface area contributed by atoms with Crippen LogP contribution in [-0.2, 0) is 23.1 Å². The molecule has 1 heterocycles. The molecule has 0 saturated carbocycles. The summed E-state index contributed by atoms with van der Waals surface area (Å²) in [6, 6.07) is 1.69. The Hall–Kier alpha value is -0.850. The Kier molecular flexibility index (Phi) is 6.03. The van der Waals surface area contributed by atoms with Gasteiger partial charge in [0.05, 0.1) is 0 Å². The van der Waals surface area contributed by atoms with Gasteiger partial charge in [0.25, 0.3) is 0 Å². The average molecular weight is 287 g/mol. The largest absolute Gasteiger partial charge is 0.349 e. The maximum absolute atomic E-state index is 12.6. The van der Waals surface area contributed by atoms with E-state index in [1.165, 1.54) is 0 Å². The molecule has 6 heteroatoms.